The monoisotopic (exact) mass is 855 g/mol. The molecule has 3 N–H and O–H groups in total. The number of fused-ring (bicyclic) bond motifs is 4. The van der Waals surface area contributed by atoms with Crippen molar-refractivity contribution in [1.29, 1.82) is 0 Å². The summed E-state index contributed by atoms with van der Waals surface area (Å²) in [6, 6.07) is 19.8. The number of hydrogen-bond donors (Lipinski definition) is 3. The predicted octanol–water partition coefficient (Wildman–Crippen LogP) is 6.14. The number of sulfonamides is 1. The Bertz CT molecular complexity index is 2390. The summed E-state index contributed by atoms with van der Waals surface area (Å²) in [5.41, 5.74) is -0.849. The van der Waals surface area contributed by atoms with E-state index in [1.165, 1.54) is 15.9 Å². The number of alkyl carbamates (subject to hydrolysis) is 1. The quantitative estimate of drug-likeness (QED) is 0.184. The number of nitrogens with zero attached hydrogens (tertiary/aromatic N) is 2. The van der Waals surface area contributed by atoms with Crippen molar-refractivity contribution >= 4 is 72.1 Å². The van der Waals surface area contributed by atoms with Crippen LogP contribution in [0.2, 0.25) is 0 Å². The van der Waals surface area contributed by atoms with Gasteiger partial charge in [-0.3, -0.25) is 14.4 Å². The number of benzene rings is 3. The number of rotatable bonds is 7. The van der Waals surface area contributed by atoms with E-state index in [-0.39, 0.29) is 43.0 Å². The third kappa shape index (κ3) is 8.99. The first-order valence-electron chi connectivity index (χ1n) is 20.7. The fraction of sp³-hybridized carbons (Fsp3) is 0.432. The molecular formula is C44H49N5O9S2. The molecule has 3 fully saturated rings. The van der Waals surface area contributed by atoms with Crippen molar-refractivity contribution in [1.82, 2.24) is 25.2 Å². The van der Waals surface area contributed by atoms with Crippen molar-refractivity contribution in [3.8, 4) is 0 Å². The molecule has 1 saturated heterocycles. The predicted molar refractivity (Wildman–Crippen MR) is 225 cm³/mol. The molecule has 2 saturated carbocycles. The van der Waals surface area contributed by atoms with Crippen LogP contribution in [0.5, 0.6) is 0 Å². The zero-order chi connectivity index (χ0) is 41.9. The molecular weight excluding hydrogens is 807 g/mol. The molecule has 2 aliphatic heterocycles. The summed E-state index contributed by atoms with van der Waals surface area (Å²) >= 11 is 1.03. The molecule has 1 unspecified atom stereocenters. The summed E-state index contributed by atoms with van der Waals surface area (Å²) in [7, 11) is -4.33. The fourth-order valence-corrected chi connectivity index (χ4v) is 11.0. The van der Waals surface area contributed by atoms with E-state index in [2.05, 4.69) is 15.4 Å². The standard InChI is InChI=1S/C44H49N5O9S2/c50-39-36-27-48(43(54)57-28-31-16-12-15-29-13-6-10-20-34(29)31)23-24-49(36)40(51)35(45-42(53)58-33-18-8-9-19-33)21-5-3-1-2-4-17-32-26-44(32,46-39)41(52)47-60(55,56)38-25-30-14-7-11-22-37(30)59-38/h4,6-7,10-17,20,22,25,32-33,35-36H,1-3,5,8-9,18-19,21,23-24,26-28H2,(H,45,53)(H,46,50)(H,47,52)/b17-4+/t32?,35-,36-,44-/m0/s1. The third-order valence-corrected chi connectivity index (χ3v) is 14.9. The van der Waals surface area contributed by atoms with Gasteiger partial charge in [-0.05, 0) is 85.2 Å². The van der Waals surface area contributed by atoms with Crippen LogP contribution in [-0.4, -0.2) is 91.5 Å². The number of amides is 5. The van der Waals surface area contributed by atoms with Gasteiger partial charge in [-0.25, -0.2) is 22.7 Å². The lowest BCUT2D eigenvalue weighted by molar-refractivity contribution is -0.146. The second-order valence-corrected chi connectivity index (χ2v) is 19.1. The molecule has 14 nitrogen and oxygen atoms in total. The molecule has 16 heteroatoms. The van der Waals surface area contributed by atoms with Crippen molar-refractivity contribution in [2.75, 3.05) is 19.6 Å². The van der Waals surface area contributed by atoms with E-state index in [0.717, 1.165) is 70.9 Å². The zero-order valence-electron chi connectivity index (χ0n) is 33.2. The van der Waals surface area contributed by atoms with Crippen molar-refractivity contribution in [2.45, 2.75) is 98.8 Å². The van der Waals surface area contributed by atoms with E-state index in [1.807, 2.05) is 54.6 Å². The number of carbonyl (C=O) groups is 5. The van der Waals surface area contributed by atoms with Gasteiger partial charge in [-0.2, -0.15) is 0 Å². The van der Waals surface area contributed by atoms with Gasteiger partial charge < -0.3 is 29.9 Å². The zero-order valence-corrected chi connectivity index (χ0v) is 34.8. The number of allylic oxidation sites excluding steroid dienone is 1. The Morgan fingerprint density at radius 1 is 0.883 bits per heavy atom. The van der Waals surface area contributed by atoms with Gasteiger partial charge in [-0.1, -0.05) is 85.7 Å². The Balaban J connectivity index is 1.05. The molecule has 5 amide bonds. The van der Waals surface area contributed by atoms with Crippen LogP contribution in [0.3, 0.4) is 0 Å². The molecule has 3 aromatic carbocycles. The van der Waals surface area contributed by atoms with Crippen molar-refractivity contribution in [3.63, 3.8) is 0 Å². The van der Waals surface area contributed by atoms with Gasteiger partial charge in [0.1, 0.15) is 34.5 Å². The van der Waals surface area contributed by atoms with Crippen LogP contribution in [0.4, 0.5) is 9.59 Å². The smallest absolute Gasteiger partial charge is 0.410 e. The molecule has 2 aliphatic carbocycles. The van der Waals surface area contributed by atoms with E-state index in [4.69, 9.17) is 9.47 Å². The summed E-state index contributed by atoms with van der Waals surface area (Å²) < 4.78 is 41.7. The molecule has 0 radical (unpaired) electrons. The first-order chi connectivity index (χ1) is 29.0. The Labute approximate surface area is 352 Å². The highest BCUT2D eigenvalue weighted by Gasteiger charge is 2.61. The summed E-state index contributed by atoms with van der Waals surface area (Å²) in [5.74, 6) is -2.70. The topological polar surface area (TPSA) is 181 Å². The van der Waals surface area contributed by atoms with Crippen LogP contribution in [0.25, 0.3) is 20.9 Å². The van der Waals surface area contributed by atoms with Gasteiger partial charge in [0.05, 0.1) is 6.54 Å². The second-order valence-electron chi connectivity index (χ2n) is 16.1. The van der Waals surface area contributed by atoms with Crippen LogP contribution in [0.1, 0.15) is 69.8 Å². The van der Waals surface area contributed by atoms with Crippen LogP contribution in [0, 0.1) is 5.92 Å². The summed E-state index contributed by atoms with van der Waals surface area (Å²) in [6.45, 7) is -0.340. The SMILES string of the molecule is O=C(N[C@H]1CCCCC/C=C/C2C[C@]2(C(=O)NS(=O)(=O)c2cc3ccccc3s2)NC(=O)[C@@H]2CN(C(=O)OCc3cccc4ccccc34)CCN2C1=O)OC1CCCC1. The molecule has 4 atom stereocenters. The highest BCUT2D eigenvalue weighted by Crippen LogP contribution is 2.46. The maximum atomic E-state index is 14.6. The molecule has 0 bridgehead atoms. The molecule has 0 spiro atoms. The van der Waals surface area contributed by atoms with Gasteiger partial charge in [0.15, 0.2) is 0 Å². The van der Waals surface area contributed by atoms with E-state index in [9.17, 15) is 32.4 Å². The van der Waals surface area contributed by atoms with Crippen LogP contribution < -0.4 is 15.4 Å². The molecule has 316 valence electrons. The lowest BCUT2D eigenvalue weighted by Gasteiger charge is -2.41. The maximum absolute atomic E-state index is 14.6. The summed E-state index contributed by atoms with van der Waals surface area (Å²) in [6.07, 6.45) is 8.75. The summed E-state index contributed by atoms with van der Waals surface area (Å²) in [4.78, 5) is 72.9. The normalized spacial score (nSPS) is 24.6. The minimum atomic E-state index is -4.33. The van der Waals surface area contributed by atoms with E-state index >= 15 is 0 Å². The number of hydrogen-bond acceptors (Lipinski definition) is 10. The van der Waals surface area contributed by atoms with Crippen LogP contribution in [-0.2, 0) is 40.5 Å². The number of nitrogens with one attached hydrogen (secondary N) is 3. The minimum absolute atomic E-state index is 0.0309. The number of piperazine rings is 1. The molecule has 4 aromatic rings. The van der Waals surface area contributed by atoms with Crippen molar-refractivity contribution in [3.05, 3.63) is 90.5 Å². The molecule has 3 heterocycles. The lowest BCUT2D eigenvalue weighted by atomic mass is 10.0. The van der Waals surface area contributed by atoms with Crippen LogP contribution in [0.15, 0.2) is 89.2 Å². The second kappa shape index (κ2) is 17.6. The van der Waals surface area contributed by atoms with Gasteiger partial charge in [0.2, 0.25) is 11.8 Å². The minimum Gasteiger partial charge on any atom is -0.446 e. The molecule has 1 aromatic heterocycles. The average Bonchev–Trinajstić information content (AvgIpc) is 3.52. The Morgan fingerprint density at radius 2 is 1.63 bits per heavy atom. The molecule has 4 aliphatic rings. The van der Waals surface area contributed by atoms with E-state index < -0.39 is 63.5 Å². The molecule has 60 heavy (non-hydrogen) atoms. The first-order valence-corrected chi connectivity index (χ1v) is 23.0. The Kier molecular flexibility index (Phi) is 12.1. The highest BCUT2D eigenvalue weighted by molar-refractivity contribution is 7.92. The van der Waals surface area contributed by atoms with Gasteiger partial charge >= 0.3 is 12.2 Å². The third-order valence-electron chi connectivity index (χ3n) is 12.0. The fourth-order valence-electron chi connectivity index (χ4n) is 8.56. The van der Waals surface area contributed by atoms with E-state index in [0.29, 0.717) is 24.6 Å². The highest BCUT2D eigenvalue weighted by atomic mass is 32.2. The van der Waals surface area contributed by atoms with E-state index in [1.54, 1.807) is 24.3 Å². The Hall–Kier alpha value is -5.48. The largest absolute Gasteiger partial charge is 0.446 e. The van der Waals surface area contributed by atoms with Crippen LogP contribution >= 0.6 is 11.3 Å². The summed E-state index contributed by atoms with van der Waals surface area (Å²) in [5, 5.41) is 8.27. The van der Waals surface area contributed by atoms with Crippen molar-refractivity contribution in [2.24, 2.45) is 5.92 Å². The van der Waals surface area contributed by atoms with Gasteiger partial charge in [-0.15, -0.1) is 11.3 Å². The van der Waals surface area contributed by atoms with Gasteiger partial charge in [0.25, 0.3) is 15.9 Å². The molecule has 8 rings (SSSR count). The van der Waals surface area contributed by atoms with Gasteiger partial charge in [0, 0.05) is 23.7 Å². The number of ether oxygens (including phenoxy) is 2. The van der Waals surface area contributed by atoms with Crippen molar-refractivity contribution < 1.29 is 41.9 Å². The first kappa shape index (κ1) is 41.3. The average molecular weight is 856 g/mol. The number of carbonyl (C=O) groups excluding carboxylic acids is 5. The Morgan fingerprint density at radius 3 is 2.45 bits per heavy atom. The number of thiophene rings is 1. The lowest BCUT2D eigenvalue weighted by Crippen LogP contribution is -2.66. The maximum Gasteiger partial charge on any atom is 0.410 e.